The molecule has 1 atom stereocenters. The Balaban J connectivity index is 2.33. The van der Waals surface area contributed by atoms with Crippen LogP contribution in [0.25, 0.3) is 0 Å². The zero-order chi connectivity index (χ0) is 12.5. The Bertz CT molecular complexity index is 348. The molecule has 0 aliphatic heterocycles. The van der Waals surface area contributed by atoms with Crippen LogP contribution in [0.1, 0.15) is 43.7 Å². The summed E-state index contributed by atoms with van der Waals surface area (Å²) in [5, 5.41) is 11.7. The van der Waals surface area contributed by atoms with Crippen LogP contribution in [0, 0.1) is 11.3 Å². The minimum absolute atomic E-state index is 0.590. The van der Waals surface area contributed by atoms with Crippen LogP contribution in [0.5, 0.6) is 0 Å². The number of rotatable bonds is 7. The summed E-state index contributed by atoms with van der Waals surface area (Å²) in [5.74, 6) is 0.651. The SMILES string of the molecule is CCC(C)c1ccc(CCNCCC#N)cc1. The van der Waals surface area contributed by atoms with Gasteiger partial charge in [-0.05, 0) is 36.4 Å². The van der Waals surface area contributed by atoms with Crippen molar-refractivity contribution in [2.24, 2.45) is 0 Å². The van der Waals surface area contributed by atoms with Crippen molar-refractivity contribution < 1.29 is 0 Å². The van der Waals surface area contributed by atoms with Crippen molar-refractivity contribution in [3.63, 3.8) is 0 Å². The molecule has 1 aromatic carbocycles. The van der Waals surface area contributed by atoms with Gasteiger partial charge in [0.15, 0.2) is 0 Å². The summed E-state index contributed by atoms with van der Waals surface area (Å²) in [6.45, 7) is 6.22. The van der Waals surface area contributed by atoms with E-state index in [0.29, 0.717) is 12.3 Å². The van der Waals surface area contributed by atoms with E-state index in [1.165, 1.54) is 17.5 Å². The predicted molar refractivity (Wildman–Crippen MR) is 72.0 cm³/mol. The molecule has 0 aromatic heterocycles. The average molecular weight is 230 g/mol. The van der Waals surface area contributed by atoms with E-state index in [0.717, 1.165) is 19.5 Å². The fourth-order valence-corrected chi connectivity index (χ4v) is 1.75. The minimum atomic E-state index is 0.590. The van der Waals surface area contributed by atoms with E-state index in [2.05, 4.69) is 49.5 Å². The molecule has 0 aliphatic carbocycles. The van der Waals surface area contributed by atoms with Gasteiger partial charge in [0.05, 0.1) is 6.07 Å². The molecule has 0 aliphatic rings. The molecule has 1 rings (SSSR count). The predicted octanol–water partition coefficient (Wildman–Crippen LogP) is 3.25. The van der Waals surface area contributed by atoms with E-state index in [-0.39, 0.29) is 0 Å². The summed E-state index contributed by atoms with van der Waals surface area (Å²) >= 11 is 0. The fourth-order valence-electron chi connectivity index (χ4n) is 1.75. The maximum absolute atomic E-state index is 8.40. The van der Waals surface area contributed by atoms with Crippen LogP contribution in [0.3, 0.4) is 0 Å². The van der Waals surface area contributed by atoms with E-state index < -0.39 is 0 Å². The molecule has 1 unspecified atom stereocenters. The van der Waals surface area contributed by atoms with Crippen LogP contribution in [0.15, 0.2) is 24.3 Å². The number of benzene rings is 1. The maximum Gasteiger partial charge on any atom is 0.0635 e. The van der Waals surface area contributed by atoms with E-state index in [1.807, 2.05) is 0 Å². The second-order valence-corrected chi connectivity index (χ2v) is 4.46. The van der Waals surface area contributed by atoms with Gasteiger partial charge >= 0.3 is 0 Å². The highest BCUT2D eigenvalue weighted by Crippen LogP contribution is 2.18. The van der Waals surface area contributed by atoms with Gasteiger partial charge in [0.2, 0.25) is 0 Å². The van der Waals surface area contributed by atoms with E-state index in [1.54, 1.807) is 0 Å². The third-order valence-electron chi connectivity index (χ3n) is 3.17. The molecule has 0 radical (unpaired) electrons. The lowest BCUT2D eigenvalue weighted by molar-refractivity contribution is 0.691. The highest BCUT2D eigenvalue weighted by atomic mass is 14.8. The molecule has 1 aromatic rings. The first-order valence-corrected chi connectivity index (χ1v) is 6.44. The Morgan fingerprint density at radius 3 is 2.53 bits per heavy atom. The summed E-state index contributed by atoms with van der Waals surface area (Å²) in [6.07, 6.45) is 2.81. The summed E-state index contributed by atoms with van der Waals surface area (Å²) in [5.41, 5.74) is 2.79. The smallest absolute Gasteiger partial charge is 0.0635 e. The van der Waals surface area contributed by atoms with Crippen LogP contribution >= 0.6 is 0 Å². The van der Waals surface area contributed by atoms with Gasteiger partial charge in [-0.2, -0.15) is 5.26 Å². The Hall–Kier alpha value is -1.33. The molecule has 0 fully saturated rings. The topological polar surface area (TPSA) is 35.8 Å². The Kier molecular flexibility index (Phi) is 6.35. The van der Waals surface area contributed by atoms with Gasteiger partial charge in [0.1, 0.15) is 0 Å². The molecular weight excluding hydrogens is 208 g/mol. The van der Waals surface area contributed by atoms with E-state index >= 15 is 0 Å². The number of nitriles is 1. The molecule has 0 saturated carbocycles. The Labute approximate surface area is 105 Å². The molecule has 2 heteroatoms. The van der Waals surface area contributed by atoms with E-state index in [4.69, 9.17) is 5.26 Å². The fraction of sp³-hybridized carbons (Fsp3) is 0.533. The third kappa shape index (κ3) is 5.01. The van der Waals surface area contributed by atoms with Crippen molar-refractivity contribution >= 4 is 0 Å². The normalized spacial score (nSPS) is 12.1. The molecule has 0 heterocycles. The van der Waals surface area contributed by atoms with Crippen LogP contribution < -0.4 is 5.32 Å². The first kappa shape index (κ1) is 13.7. The van der Waals surface area contributed by atoms with Crippen LogP contribution in [-0.2, 0) is 6.42 Å². The van der Waals surface area contributed by atoms with Gasteiger partial charge < -0.3 is 5.32 Å². The van der Waals surface area contributed by atoms with Gasteiger partial charge in [0.25, 0.3) is 0 Å². The molecule has 0 amide bonds. The monoisotopic (exact) mass is 230 g/mol. The van der Waals surface area contributed by atoms with Gasteiger partial charge in [-0.1, -0.05) is 38.1 Å². The van der Waals surface area contributed by atoms with Crippen LogP contribution in [0.4, 0.5) is 0 Å². The second kappa shape index (κ2) is 7.86. The molecular formula is C15H22N2. The summed E-state index contributed by atoms with van der Waals surface area (Å²) in [6, 6.07) is 11.0. The summed E-state index contributed by atoms with van der Waals surface area (Å²) in [4.78, 5) is 0. The number of hydrogen-bond acceptors (Lipinski definition) is 2. The van der Waals surface area contributed by atoms with Gasteiger partial charge in [0, 0.05) is 13.0 Å². The zero-order valence-electron chi connectivity index (χ0n) is 10.9. The maximum atomic E-state index is 8.40. The molecule has 0 bridgehead atoms. The number of nitrogens with one attached hydrogen (secondary N) is 1. The zero-order valence-corrected chi connectivity index (χ0v) is 10.9. The lowest BCUT2D eigenvalue weighted by atomic mass is 9.97. The van der Waals surface area contributed by atoms with Crippen molar-refractivity contribution in [3.05, 3.63) is 35.4 Å². The van der Waals surface area contributed by atoms with Crippen molar-refractivity contribution in [1.29, 1.82) is 5.26 Å². The first-order chi connectivity index (χ1) is 8.27. The van der Waals surface area contributed by atoms with Gasteiger partial charge in [-0.3, -0.25) is 0 Å². The van der Waals surface area contributed by atoms with Gasteiger partial charge in [-0.15, -0.1) is 0 Å². The van der Waals surface area contributed by atoms with Crippen LogP contribution in [-0.4, -0.2) is 13.1 Å². The Morgan fingerprint density at radius 1 is 1.24 bits per heavy atom. The average Bonchev–Trinajstić information content (AvgIpc) is 2.38. The lowest BCUT2D eigenvalue weighted by Gasteiger charge is -2.09. The molecule has 0 spiro atoms. The summed E-state index contributed by atoms with van der Waals surface area (Å²) < 4.78 is 0. The van der Waals surface area contributed by atoms with Crippen molar-refractivity contribution in [3.8, 4) is 6.07 Å². The van der Waals surface area contributed by atoms with Crippen molar-refractivity contribution in [2.45, 2.75) is 39.0 Å². The molecule has 2 nitrogen and oxygen atoms in total. The molecule has 1 N–H and O–H groups in total. The largest absolute Gasteiger partial charge is 0.315 e. The Morgan fingerprint density at radius 2 is 1.94 bits per heavy atom. The first-order valence-electron chi connectivity index (χ1n) is 6.44. The molecule has 17 heavy (non-hydrogen) atoms. The minimum Gasteiger partial charge on any atom is -0.315 e. The standard InChI is InChI=1S/C15H22N2/c1-3-13(2)15-7-5-14(6-8-15)9-12-17-11-4-10-16/h5-8,13,17H,3-4,9,11-12H2,1-2H3. The number of nitrogens with zero attached hydrogens (tertiary/aromatic N) is 1. The lowest BCUT2D eigenvalue weighted by Crippen LogP contribution is -2.18. The van der Waals surface area contributed by atoms with Crippen LogP contribution in [0.2, 0.25) is 0 Å². The highest BCUT2D eigenvalue weighted by Gasteiger charge is 2.01. The third-order valence-corrected chi connectivity index (χ3v) is 3.17. The molecule has 0 saturated heterocycles. The molecule has 92 valence electrons. The highest BCUT2D eigenvalue weighted by molar-refractivity contribution is 5.25. The number of hydrogen-bond donors (Lipinski definition) is 1. The quantitative estimate of drug-likeness (QED) is 0.730. The van der Waals surface area contributed by atoms with Crippen molar-refractivity contribution in [1.82, 2.24) is 5.32 Å². The second-order valence-electron chi connectivity index (χ2n) is 4.46. The van der Waals surface area contributed by atoms with E-state index in [9.17, 15) is 0 Å². The van der Waals surface area contributed by atoms with Crippen molar-refractivity contribution in [2.75, 3.05) is 13.1 Å². The van der Waals surface area contributed by atoms with Gasteiger partial charge in [-0.25, -0.2) is 0 Å². The summed E-state index contributed by atoms with van der Waals surface area (Å²) in [7, 11) is 0.